The van der Waals surface area contributed by atoms with Gasteiger partial charge < -0.3 is 29.8 Å². The molecule has 2 fully saturated rings. The second-order valence-corrected chi connectivity index (χ2v) is 31.6. The highest BCUT2D eigenvalue weighted by molar-refractivity contribution is 6.26. The summed E-state index contributed by atoms with van der Waals surface area (Å²) in [6, 6.07) is 0. The normalized spacial score (nSPS) is 24.4. The van der Waals surface area contributed by atoms with E-state index in [1.54, 1.807) is 0 Å². The first kappa shape index (κ1) is 72.3. The first-order chi connectivity index (χ1) is 38.7. The van der Waals surface area contributed by atoms with Crippen LogP contribution in [0.2, 0.25) is 0 Å². The minimum absolute atomic E-state index is 0.0587. The number of H-pyrrole nitrogens is 1. The van der Waals surface area contributed by atoms with Gasteiger partial charge in [0.15, 0.2) is 0 Å². The van der Waals surface area contributed by atoms with Crippen molar-refractivity contribution in [2.45, 2.75) is 288 Å². The fraction of sp³-hybridized carbons (Fsp3) is 0.806. The van der Waals surface area contributed by atoms with Crippen LogP contribution >= 0.6 is 0 Å². The molecule has 0 radical (unpaired) electrons. The van der Waals surface area contributed by atoms with E-state index in [2.05, 4.69) is 140 Å². The summed E-state index contributed by atoms with van der Waals surface area (Å²) >= 11 is 0. The van der Waals surface area contributed by atoms with Gasteiger partial charge in [0.2, 0.25) is 11.8 Å². The molecule has 12 heteroatoms. The monoisotopic (exact) mass is 1170 g/mol. The Morgan fingerprint density at radius 2 is 1.00 bits per heavy atom. The zero-order chi connectivity index (χ0) is 64.0. The van der Waals surface area contributed by atoms with Gasteiger partial charge in [-0.1, -0.05) is 166 Å². The van der Waals surface area contributed by atoms with Gasteiger partial charge in [-0.05, 0) is 166 Å². The van der Waals surface area contributed by atoms with Gasteiger partial charge in [-0.2, -0.15) is 0 Å². The molecule has 3 N–H and O–H groups in total. The molecule has 12 nitrogen and oxygen atoms in total. The van der Waals surface area contributed by atoms with Gasteiger partial charge in [-0.15, -0.1) is 0 Å². The van der Waals surface area contributed by atoms with Crippen LogP contribution in [-0.4, -0.2) is 59.4 Å². The van der Waals surface area contributed by atoms with E-state index in [1.807, 2.05) is 61.5 Å². The molecule has 1 aliphatic heterocycles. The van der Waals surface area contributed by atoms with Crippen LogP contribution in [0.3, 0.4) is 0 Å². The molecular formula is C72H122N4O8. The minimum Gasteiger partial charge on any atom is -0.465 e. The van der Waals surface area contributed by atoms with E-state index in [0.717, 1.165) is 25.7 Å². The summed E-state index contributed by atoms with van der Waals surface area (Å²) in [5, 5.41) is 6.58. The van der Waals surface area contributed by atoms with Crippen molar-refractivity contribution in [2.24, 2.45) is 84.3 Å². The third-order valence-corrected chi connectivity index (χ3v) is 21.4. The Labute approximate surface area is 511 Å². The number of aliphatic imine (C=N–C) groups is 1. The molecule has 4 rings (SSSR count). The van der Waals surface area contributed by atoms with Gasteiger partial charge in [0.25, 0.3) is 0 Å². The second kappa shape index (κ2) is 28.3. The summed E-state index contributed by atoms with van der Waals surface area (Å²) in [4.78, 5) is 83.8. The van der Waals surface area contributed by atoms with Crippen LogP contribution in [0.5, 0.6) is 0 Å². The summed E-state index contributed by atoms with van der Waals surface area (Å²) < 4.78 is 19.9. The molecule has 0 aromatic carbocycles. The fourth-order valence-electron chi connectivity index (χ4n) is 14.2. The van der Waals surface area contributed by atoms with Gasteiger partial charge in [0.05, 0.1) is 17.7 Å². The molecule has 478 valence electrons. The number of esters is 3. The molecule has 2 aliphatic carbocycles. The number of aromatic amines is 1. The maximum absolute atomic E-state index is 15.9. The van der Waals surface area contributed by atoms with Gasteiger partial charge in [0, 0.05) is 40.2 Å². The molecule has 6 atom stereocenters. The van der Waals surface area contributed by atoms with Crippen LogP contribution in [0.1, 0.15) is 297 Å². The SMILES string of the molecule is CCC(C)C1=C(C(=O)OC2C(C(C)(C)C)CC(C)CC2C(C)(C)C)C(NC(=O)C(CC)(CC)CCCOC(=O)C(C)(C)CC)=NC1=Cc1[nH]c(NC(=O)C(CC)(CC)CC)c(C(=O)OC2C(C(C)(C)C)CC(C)CC2C(C)(C)C)c1C(C)CC. The lowest BCUT2D eigenvalue weighted by Gasteiger charge is -2.50. The Balaban J connectivity index is 2.12. The zero-order valence-corrected chi connectivity index (χ0v) is 58.2. The van der Waals surface area contributed by atoms with E-state index >= 15 is 14.4 Å². The molecule has 2 heterocycles. The van der Waals surface area contributed by atoms with Crippen molar-refractivity contribution in [1.82, 2.24) is 10.3 Å². The summed E-state index contributed by atoms with van der Waals surface area (Å²) in [5.41, 5.74) is 0.0388. The highest BCUT2D eigenvalue weighted by atomic mass is 16.6. The Hall–Kier alpha value is -4.22. The van der Waals surface area contributed by atoms with Crippen molar-refractivity contribution >= 4 is 47.5 Å². The number of carbonyl (C=O) groups is 5. The second-order valence-electron chi connectivity index (χ2n) is 31.6. The number of nitrogens with zero attached hydrogens (tertiary/aromatic N) is 1. The number of aromatic nitrogens is 1. The van der Waals surface area contributed by atoms with E-state index in [0.29, 0.717) is 104 Å². The van der Waals surface area contributed by atoms with E-state index < -0.39 is 34.3 Å². The molecule has 1 aromatic heterocycles. The van der Waals surface area contributed by atoms with Crippen LogP contribution in [0.25, 0.3) is 6.08 Å². The number of carbonyl (C=O) groups excluding carboxylic acids is 5. The van der Waals surface area contributed by atoms with Crippen LogP contribution < -0.4 is 10.6 Å². The Kier molecular flexibility index (Phi) is 24.3. The number of allylic oxidation sites excluding steroid dienone is 1. The molecule has 2 amide bonds. The molecular weight excluding hydrogens is 1050 g/mol. The van der Waals surface area contributed by atoms with Crippen molar-refractivity contribution in [3.8, 4) is 0 Å². The number of rotatable bonds is 23. The van der Waals surface area contributed by atoms with Gasteiger partial charge >= 0.3 is 17.9 Å². The first-order valence-corrected chi connectivity index (χ1v) is 33.3. The lowest BCUT2D eigenvalue weighted by molar-refractivity contribution is -0.164. The van der Waals surface area contributed by atoms with Crippen molar-refractivity contribution in [3.05, 3.63) is 33.7 Å². The molecule has 0 saturated heterocycles. The Morgan fingerprint density at radius 1 is 0.583 bits per heavy atom. The number of amidine groups is 1. The molecule has 3 aliphatic rings. The summed E-state index contributed by atoms with van der Waals surface area (Å²) in [6.45, 7) is 56.0. The molecule has 0 bridgehead atoms. The molecule has 6 unspecified atom stereocenters. The topological polar surface area (TPSA) is 165 Å². The number of anilines is 1. The van der Waals surface area contributed by atoms with Crippen LogP contribution in [-0.2, 0) is 33.4 Å². The molecule has 2 saturated carbocycles. The number of hydrogen-bond acceptors (Lipinski definition) is 9. The lowest BCUT2D eigenvalue weighted by atomic mass is 9.59. The molecule has 0 spiro atoms. The first-order valence-electron chi connectivity index (χ1n) is 33.3. The molecule has 1 aromatic rings. The summed E-state index contributed by atoms with van der Waals surface area (Å²) in [6.07, 6.45) is 10.5. The number of ether oxygens (including phenoxy) is 3. The Morgan fingerprint density at radius 3 is 1.39 bits per heavy atom. The smallest absolute Gasteiger partial charge is 0.342 e. The van der Waals surface area contributed by atoms with Crippen LogP contribution in [0.15, 0.2) is 21.8 Å². The predicted molar refractivity (Wildman–Crippen MR) is 346 cm³/mol. The van der Waals surface area contributed by atoms with E-state index in [-0.39, 0.29) is 105 Å². The van der Waals surface area contributed by atoms with Gasteiger partial charge in [-0.3, -0.25) is 14.4 Å². The average molecular weight is 1170 g/mol. The zero-order valence-electron chi connectivity index (χ0n) is 58.2. The third kappa shape index (κ3) is 16.3. The Bertz CT molecular complexity index is 2490. The van der Waals surface area contributed by atoms with Crippen molar-refractivity contribution < 1.29 is 38.2 Å². The molecule has 84 heavy (non-hydrogen) atoms. The number of amides is 2. The number of nitrogens with one attached hydrogen (secondary N) is 3. The lowest BCUT2D eigenvalue weighted by Crippen LogP contribution is -2.50. The summed E-state index contributed by atoms with van der Waals surface area (Å²) in [7, 11) is 0. The highest BCUT2D eigenvalue weighted by Gasteiger charge is 2.51. The quantitative estimate of drug-likeness (QED) is 0.0553. The predicted octanol–water partition coefficient (Wildman–Crippen LogP) is 18.4. The van der Waals surface area contributed by atoms with Crippen molar-refractivity contribution in [3.63, 3.8) is 0 Å². The van der Waals surface area contributed by atoms with E-state index in [9.17, 15) is 9.59 Å². The third-order valence-electron chi connectivity index (χ3n) is 21.4. The van der Waals surface area contributed by atoms with Crippen molar-refractivity contribution in [1.29, 1.82) is 0 Å². The van der Waals surface area contributed by atoms with E-state index in [4.69, 9.17) is 19.2 Å². The standard InChI is InChI=1S/C72H122N4O8/c1-27-45(11)53-51(73-59(75-63(79)71(30-4,31-5)32-6)55(53)61(77)83-57-47(66(13,14)15)38-43(9)39-48(57)67(16,17)18)42-52-54(46(12)28-2)56(62(78)84-58-49(68(19,20)21)40-44(10)41-50(58)69(22,23)24)60(74-52)76-64(80)72(33-7,34-8)36-35-37-82-65(81)70(25,26)29-3/h42-50,57-58,73H,27-41H2,1-26H3,(H,75,79)(H,74,76,80). The maximum atomic E-state index is 15.9. The highest BCUT2D eigenvalue weighted by Crippen LogP contribution is 2.53. The number of hydrogen-bond donors (Lipinski definition) is 3. The van der Waals surface area contributed by atoms with Crippen LogP contribution in [0.4, 0.5) is 5.82 Å². The van der Waals surface area contributed by atoms with E-state index in [1.165, 1.54) is 0 Å². The summed E-state index contributed by atoms with van der Waals surface area (Å²) in [5.74, 6) is -0.563. The minimum atomic E-state index is -0.883. The fourth-order valence-corrected chi connectivity index (χ4v) is 14.2. The van der Waals surface area contributed by atoms with Crippen molar-refractivity contribution in [2.75, 3.05) is 11.9 Å². The van der Waals surface area contributed by atoms with Crippen LogP contribution in [0, 0.1) is 79.3 Å². The largest absolute Gasteiger partial charge is 0.465 e. The average Bonchev–Trinajstić information content (AvgIpc) is 2.54. The van der Waals surface area contributed by atoms with Gasteiger partial charge in [0.1, 0.15) is 35.0 Å². The van der Waals surface area contributed by atoms with Gasteiger partial charge in [-0.25, -0.2) is 14.6 Å². The maximum Gasteiger partial charge on any atom is 0.342 e.